The van der Waals surface area contributed by atoms with Crippen molar-refractivity contribution >= 4 is 24.0 Å². The van der Waals surface area contributed by atoms with Crippen LogP contribution in [0.4, 0.5) is 0 Å². The molecule has 0 spiro atoms. The summed E-state index contributed by atoms with van der Waals surface area (Å²) in [5.41, 5.74) is 7.22. The third-order valence-electron chi connectivity index (χ3n) is 2.60. The summed E-state index contributed by atoms with van der Waals surface area (Å²) in [5.74, 6) is 0. The van der Waals surface area contributed by atoms with Crippen molar-refractivity contribution in [3.05, 3.63) is 34.9 Å². The molecular weight excluding hydrogens is 233 g/mol. The minimum absolute atomic E-state index is 0. The van der Waals surface area contributed by atoms with E-state index in [0.717, 1.165) is 24.5 Å². The summed E-state index contributed by atoms with van der Waals surface area (Å²) in [6.45, 7) is 1.44. The highest BCUT2D eigenvalue weighted by molar-refractivity contribution is 6.30. The van der Waals surface area contributed by atoms with E-state index in [1.54, 1.807) is 0 Å². The van der Waals surface area contributed by atoms with Crippen molar-refractivity contribution in [3.63, 3.8) is 0 Å². The minimum Gasteiger partial charge on any atom is -0.379 e. The number of halogens is 2. The van der Waals surface area contributed by atoms with Crippen molar-refractivity contribution in [1.82, 2.24) is 0 Å². The smallest absolute Gasteiger partial charge is 0.0650 e. The van der Waals surface area contributed by atoms with Gasteiger partial charge in [0.1, 0.15) is 0 Å². The van der Waals surface area contributed by atoms with Gasteiger partial charge in [0.15, 0.2) is 0 Å². The normalized spacial score (nSPS) is 24.9. The quantitative estimate of drug-likeness (QED) is 0.872. The molecule has 1 unspecified atom stereocenters. The average molecular weight is 248 g/mol. The van der Waals surface area contributed by atoms with Crippen LogP contribution in [0, 0.1) is 0 Å². The van der Waals surface area contributed by atoms with Crippen LogP contribution in [0.3, 0.4) is 0 Å². The standard InChI is InChI=1S/C11H14ClNO.ClH/c12-10-3-1-9(2-4-10)7-11(13)5-6-14-8-11;/h1-4H,5-8,13H2;1H. The Labute approximate surface area is 101 Å². The van der Waals surface area contributed by atoms with E-state index >= 15 is 0 Å². The highest BCUT2D eigenvalue weighted by Gasteiger charge is 2.30. The van der Waals surface area contributed by atoms with E-state index in [0.29, 0.717) is 6.61 Å². The number of hydrogen-bond donors (Lipinski definition) is 1. The van der Waals surface area contributed by atoms with Crippen LogP contribution >= 0.6 is 24.0 Å². The molecule has 0 aliphatic carbocycles. The highest BCUT2D eigenvalue weighted by atomic mass is 35.5. The van der Waals surface area contributed by atoms with Gasteiger partial charge in [-0.1, -0.05) is 23.7 Å². The molecule has 2 nitrogen and oxygen atoms in total. The lowest BCUT2D eigenvalue weighted by Gasteiger charge is -2.21. The summed E-state index contributed by atoms with van der Waals surface area (Å²) in [4.78, 5) is 0. The third kappa shape index (κ3) is 3.35. The molecule has 1 heterocycles. The molecule has 0 bridgehead atoms. The zero-order valence-corrected chi connectivity index (χ0v) is 9.98. The molecule has 1 atom stereocenters. The maximum Gasteiger partial charge on any atom is 0.0650 e. The molecule has 1 aliphatic rings. The van der Waals surface area contributed by atoms with Gasteiger partial charge in [0.25, 0.3) is 0 Å². The molecule has 1 aromatic rings. The van der Waals surface area contributed by atoms with Gasteiger partial charge in [-0.05, 0) is 30.5 Å². The molecule has 4 heteroatoms. The van der Waals surface area contributed by atoms with Crippen LogP contribution in [-0.2, 0) is 11.2 Å². The molecule has 84 valence electrons. The van der Waals surface area contributed by atoms with E-state index in [4.69, 9.17) is 22.1 Å². The van der Waals surface area contributed by atoms with Crippen LogP contribution in [0.1, 0.15) is 12.0 Å². The molecule has 1 aliphatic heterocycles. The number of ether oxygens (including phenoxy) is 1. The molecule has 2 rings (SSSR count). The van der Waals surface area contributed by atoms with Crippen LogP contribution in [0.15, 0.2) is 24.3 Å². The van der Waals surface area contributed by atoms with Gasteiger partial charge in [0.05, 0.1) is 6.61 Å². The fourth-order valence-corrected chi connectivity index (χ4v) is 1.90. The van der Waals surface area contributed by atoms with Gasteiger partial charge in [0, 0.05) is 17.2 Å². The Bertz CT molecular complexity index is 307. The molecule has 1 fully saturated rings. The van der Waals surface area contributed by atoms with Crippen molar-refractivity contribution < 1.29 is 4.74 Å². The van der Waals surface area contributed by atoms with Gasteiger partial charge in [-0.15, -0.1) is 12.4 Å². The first-order valence-electron chi connectivity index (χ1n) is 4.79. The summed E-state index contributed by atoms with van der Waals surface area (Å²) in [6, 6.07) is 7.84. The third-order valence-corrected chi connectivity index (χ3v) is 2.86. The maximum absolute atomic E-state index is 6.17. The zero-order chi connectivity index (χ0) is 10.0. The fraction of sp³-hybridized carbons (Fsp3) is 0.455. The van der Waals surface area contributed by atoms with Crippen LogP contribution in [0.2, 0.25) is 5.02 Å². The molecule has 15 heavy (non-hydrogen) atoms. The summed E-state index contributed by atoms with van der Waals surface area (Å²) < 4.78 is 5.30. The van der Waals surface area contributed by atoms with Crippen molar-refractivity contribution in [2.45, 2.75) is 18.4 Å². The second-order valence-electron chi connectivity index (χ2n) is 3.97. The van der Waals surface area contributed by atoms with E-state index in [1.807, 2.05) is 24.3 Å². The largest absolute Gasteiger partial charge is 0.379 e. The Hall–Kier alpha value is -0.280. The van der Waals surface area contributed by atoms with Crippen LogP contribution in [-0.4, -0.2) is 18.8 Å². The second kappa shape index (κ2) is 5.17. The molecule has 2 N–H and O–H groups in total. The lowest BCUT2D eigenvalue weighted by molar-refractivity contribution is 0.178. The lowest BCUT2D eigenvalue weighted by Crippen LogP contribution is -2.42. The van der Waals surface area contributed by atoms with E-state index in [2.05, 4.69) is 0 Å². The fourth-order valence-electron chi connectivity index (χ4n) is 1.77. The maximum atomic E-state index is 6.17. The molecule has 0 aromatic heterocycles. The van der Waals surface area contributed by atoms with Gasteiger partial charge in [-0.2, -0.15) is 0 Å². The molecule has 0 radical (unpaired) electrons. The van der Waals surface area contributed by atoms with Crippen molar-refractivity contribution in [2.24, 2.45) is 5.73 Å². The van der Waals surface area contributed by atoms with Gasteiger partial charge < -0.3 is 10.5 Å². The SMILES string of the molecule is Cl.NC1(Cc2ccc(Cl)cc2)CCOC1. The van der Waals surface area contributed by atoms with Gasteiger partial charge in [-0.25, -0.2) is 0 Å². The second-order valence-corrected chi connectivity index (χ2v) is 4.40. The average Bonchev–Trinajstić information content (AvgIpc) is 2.57. The van der Waals surface area contributed by atoms with E-state index in [9.17, 15) is 0 Å². The number of hydrogen-bond acceptors (Lipinski definition) is 2. The first-order valence-corrected chi connectivity index (χ1v) is 5.17. The predicted octanol–water partition coefficient (Wildman–Crippen LogP) is 2.42. The minimum atomic E-state index is -0.173. The molecule has 0 saturated carbocycles. The van der Waals surface area contributed by atoms with Crippen LogP contribution in [0.25, 0.3) is 0 Å². The summed E-state index contributed by atoms with van der Waals surface area (Å²) in [7, 11) is 0. The first kappa shape index (κ1) is 12.8. The molecule has 0 amide bonds. The Morgan fingerprint density at radius 3 is 2.53 bits per heavy atom. The monoisotopic (exact) mass is 247 g/mol. The van der Waals surface area contributed by atoms with Crippen molar-refractivity contribution in [1.29, 1.82) is 0 Å². The summed E-state index contributed by atoms with van der Waals surface area (Å²) in [5, 5.41) is 0.766. The Morgan fingerprint density at radius 1 is 1.33 bits per heavy atom. The predicted molar refractivity (Wildman–Crippen MR) is 64.8 cm³/mol. The number of rotatable bonds is 2. The van der Waals surface area contributed by atoms with Crippen LogP contribution in [0.5, 0.6) is 0 Å². The zero-order valence-electron chi connectivity index (χ0n) is 8.41. The Kier molecular flexibility index (Phi) is 4.41. The van der Waals surface area contributed by atoms with Gasteiger partial charge in [0.2, 0.25) is 0 Å². The van der Waals surface area contributed by atoms with Crippen molar-refractivity contribution in [2.75, 3.05) is 13.2 Å². The Balaban J connectivity index is 0.00000112. The van der Waals surface area contributed by atoms with E-state index in [1.165, 1.54) is 5.56 Å². The van der Waals surface area contributed by atoms with Gasteiger partial charge >= 0.3 is 0 Å². The van der Waals surface area contributed by atoms with Crippen LogP contribution < -0.4 is 5.73 Å². The lowest BCUT2D eigenvalue weighted by atomic mass is 9.91. The molecule has 1 saturated heterocycles. The van der Waals surface area contributed by atoms with E-state index in [-0.39, 0.29) is 17.9 Å². The molecule has 1 aromatic carbocycles. The Morgan fingerprint density at radius 2 is 2.00 bits per heavy atom. The highest BCUT2D eigenvalue weighted by Crippen LogP contribution is 2.21. The van der Waals surface area contributed by atoms with E-state index < -0.39 is 0 Å². The summed E-state index contributed by atoms with van der Waals surface area (Å²) >= 11 is 5.81. The topological polar surface area (TPSA) is 35.2 Å². The van der Waals surface area contributed by atoms with Gasteiger partial charge in [-0.3, -0.25) is 0 Å². The number of benzene rings is 1. The first-order chi connectivity index (χ1) is 6.68. The van der Waals surface area contributed by atoms with Crippen molar-refractivity contribution in [3.8, 4) is 0 Å². The molecular formula is C11H15Cl2NO. The number of nitrogens with two attached hydrogens (primary N) is 1. The summed E-state index contributed by atoms with van der Waals surface area (Å²) in [6.07, 6.45) is 1.81.